The van der Waals surface area contributed by atoms with E-state index >= 15 is 0 Å². The fraction of sp³-hybridized carbons (Fsp3) is 0.200. The fourth-order valence-corrected chi connectivity index (χ4v) is 3.26. The first-order valence-electron chi connectivity index (χ1n) is 6.34. The third kappa shape index (κ3) is 4.99. The SMILES string of the molecule is C=CCNC(=O)CSCc1csc(-c2ccc(F)cc2)n1. The third-order valence-electron chi connectivity index (χ3n) is 2.57. The molecule has 0 spiro atoms. The molecule has 0 aliphatic carbocycles. The summed E-state index contributed by atoms with van der Waals surface area (Å²) in [6, 6.07) is 6.28. The minimum Gasteiger partial charge on any atom is -0.352 e. The lowest BCUT2D eigenvalue weighted by atomic mass is 10.2. The smallest absolute Gasteiger partial charge is 0.230 e. The van der Waals surface area contributed by atoms with Crippen LogP contribution in [-0.2, 0) is 10.5 Å². The third-order valence-corrected chi connectivity index (χ3v) is 4.48. The fourth-order valence-electron chi connectivity index (χ4n) is 1.58. The highest BCUT2D eigenvalue weighted by molar-refractivity contribution is 7.99. The van der Waals surface area contributed by atoms with E-state index in [0.29, 0.717) is 18.1 Å². The summed E-state index contributed by atoms with van der Waals surface area (Å²) in [5.74, 6) is 0.821. The van der Waals surface area contributed by atoms with Crippen LogP contribution in [0.4, 0.5) is 4.39 Å². The molecule has 0 atom stereocenters. The lowest BCUT2D eigenvalue weighted by molar-refractivity contribution is -0.118. The van der Waals surface area contributed by atoms with Gasteiger partial charge >= 0.3 is 0 Å². The monoisotopic (exact) mass is 322 g/mol. The molecule has 0 fully saturated rings. The highest BCUT2D eigenvalue weighted by Crippen LogP contribution is 2.25. The van der Waals surface area contributed by atoms with Crippen molar-refractivity contribution >= 4 is 29.0 Å². The van der Waals surface area contributed by atoms with Crippen molar-refractivity contribution in [3.63, 3.8) is 0 Å². The van der Waals surface area contributed by atoms with Gasteiger partial charge in [0.2, 0.25) is 5.91 Å². The van der Waals surface area contributed by atoms with Crippen LogP contribution in [0.15, 0.2) is 42.3 Å². The van der Waals surface area contributed by atoms with Gasteiger partial charge in [-0.3, -0.25) is 4.79 Å². The van der Waals surface area contributed by atoms with Crippen LogP contribution in [0.25, 0.3) is 10.6 Å². The maximum absolute atomic E-state index is 12.9. The highest BCUT2D eigenvalue weighted by Gasteiger charge is 2.06. The number of carbonyl (C=O) groups is 1. The molecule has 0 bridgehead atoms. The Hall–Kier alpha value is -1.66. The maximum atomic E-state index is 12.9. The number of hydrogen-bond donors (Lipinski definition) is 1. The van der Waals surface area contributed by atoms with Gasteiger partial charge in [0.15, 0.2) is 0 Å². The molecule has 0 radical (unpaired) electrons. The molecule has 0 aliphatic heterocycles. The zero-order valence-electron chi connectivity index (χ0n) is 11.3. The standard InChI is InChI=1S/C15H15FN2OS2/c1-2-7-17-14(19)10-20-8-13-9-21-15(18-13)11-3-5-12(16)6-4-11/h2-6,9H,1,7-8,10H2,(H,17,19). The molecule has 21 heavy (non-hydrogen) atoms. The van der Waals surface area contributed by atoms with Gasteiger partial charge in [0.05, 0.1) is 11.4 Å². The lowest BCUT2D eigenvalue weighted by Crippen LogP contribution is -2.24. The summed E-state index contributed by atoms with van der Waals surface area (Å²) in [7, 11) is 0. The number of hydrogen-bond acceptors (Lipinski definition) is 4. The minimum absolute atomic E-state index is 0.00566. The molecular formula is C15H15FN2OS2. The van der Waals surface area contributed by atoms with Crippen LogP contribution in [0, 0.1) is 5.82 Å². The van der Waals surface area contributed by atoms with Crippen molar-refractivity contribution in [3.8, 4) is 10.6 Å². The number of nitrogens with one attached hydrogen (secondary N) is 1. The van der Waals surface area contributed by atoms with E-state index in [1.54, 1.807) is 18.2 Å². The number of rotatable bonds is 7. The number of nitrogens with zero attached hydrogens (tertiary/aromatic N) is 1. The summed E-state index contributed by atoms with van der Waals surface area (Å²) in [6.45, 7) is 4.03. The van der Waals surface area contributed by atoms with Gasteiger partial charge in [-0.25, -0.2) is 9.37 Å². The number of amides is 1. The Morgan fingerprint density at radius 2 is 2.19 bits per heavy atom. The molecule has 0 saturated carbocycles. The topological polar surface area (TPSA) is 42.0 Å². The van der Waals surface area contributed by atoms with Crippen molar-refractivity contribution in [2.75, 3.05) is 12.3 Å². The Morgan fingerprint density at radius 1 is 1.43 bits per heavy atom. The van der Waals surface area contributed by atoms with Gasteiger partial charge in [0.25, 0.3) is 0 Å². The van der Waals surface area contributed by atoms with E-state index < -0.39 is 0 Å². The maximum Gasteiger partial charge on any atom is 0.230 e. The normalized spacial score (nSPS) is 10.3. The molecule has 1 aromatic heterocycles. The first-order chi connectivity index (χ1) is 10.2. The zero-order chi connectivity index (χ0) is 15.1. The Morgan fingerprint density at radius 3 is 2.90 bits per heavy atom. The van der Waals surface area contributed by atoms with Crippen molar-refractivity contribution in [1.29, 1.82) is 0 Å². The highest BCUT2D eigenvalue weighted by atomic mass is 32.2. The molecule has 2 rings (SSSR count). The van der Waals surface area contributed by atoms with Crippen molar-refractivity contribution in [2.24, 2.45) is 0 Å². The molecule has 6 heteroatoms. The number of thioether (sulfide) groups is 1. The Balaban J connectivity index is 1.84. The van der Waals surface area contributed by atoms with E-state index in [2.05, 4.69) is 16.9 Å². The number of carbonyl (C=O) groups excluding carboxylic acids is 1. The quantitative estimate of drug-likeness (QED) is 0.794. The summed E-state index contributed by atoms with van der Waals surface area (Å²) in [4.78, 5) is 15.9. The number of aromatic nitrogens is 1. The lowest BCUT2D eigenvalue weighted by Gasteiger charge is -2.01. The minimum atomic E-state index is -0.253. The van der Waals surface area contributed by atoms with E-state index in [9.17, 15) is 9.18 Å². The van der Waals surface area contributed by atoms with E-state index in [-0.39, 0.29) is 11.7 Å². The van der Waals surface area contributed by atoms with Gasteiger partial charge in [0.1, 0.15) is 10.8 Å². The molecular weight excluding hydrogens is 307 g/mol. The molecule has 3 nitrogen and oxygen atoms in total. The predicted molar refractivity (Wildman–Crippen MR) is 86.9 cm³/mol. The van der Waals surface area contributed by atoms with Crippen molar-refractivity contribution in [3.05, 3.63) is 53.8 Å². The molecule has 1 amide bonds. The largest absolute Gasteiger partial charge is 0.352 e. The van der Waals surface area contributed by atoms with Crippen LogP contribution in [0.5, 0.6) is 0 Å². The molecule has 0 aliphatic rings. The van der Waals surface area contributed by atoms with Crippen molar-refractivity contribution in [1.82, 2.24) is 10.3 Å². The Labute approximate surface area is 131 Å². The van der Waals surface area contributed by atoms with E-state index in [1.165, 1.54) is 35.2 Å². The first-order valence-corrected chi connectivity index (χ1v) is 8.38. The van der Waals surface area contributed by atoms with Crippen molar-refractivity contribution in [2.45, 2.75) is 5.75 Å². The Bertz CT molecular complexity index is 610. The zero-order valence-corrected chi connectivity index (χ0v) is 13.0. The second-order valence-corrected chi connectivity index (χ2v) is 6.08. The van der Waals surface area contributed by atoms with E-state index in [4.69, 9.17) is 0 Å². The summed E-state index contributed by atoms with van der Waals surface area (Å²) < 4.78 is 12.9. The van der Waals surface area contributed by atoms with Gasteiger partial charge in [0, 0.05) is 23.2 Å². The summed E-state index contributed by atoms with van der Waals surface area (Å²) >= 11 is 3.03. The van der Waals surface area contributed by atoms with Crippen LogP contribution in [0.3, 0.4) is 0 Å². The molecule has 1 aromatic carbocycles. The van der Waals surface area contributed by atoms with Gasteiger partial charge in [-0.05, 0) is 24.3 Å². The van der Waals surface area contributed by atoms with Gasteiger partial charge in [-0.2, -0.15) is 0 Å². The van der Waals surface area contributed by atoms with Crippen LogP contribution >= 0.6 is 23.1 Å². The molecule has 0 unspecified atom stereocenters. The number of halogens is 1. The molecule has 2 aromatic rings. The van der Waals surface area contributed by atoms with Crippen LogP contribution in [0.2, 0.25) is 0 Å². The second kappa shape index (κ2) is 7.95. The first kappa shape index (κ1) is 15.7. The summed E-state index contributed by atoms with van der Waals surface area (Å²) in [6.07, 6.45) is 1.65. The van der Waals surface area contributed by atoms with Crippen LogP contribution in [0.1, 0.15) is 5.69 Å². The molecule has 1 N–H and O–H groups in total. The number of benzene rings is 1. The van der Waals surface area contributed by atoms with Crippen molar-refractivity contribution < 1.29 is 9.18 Å². The van der Waals surface area contributed by atoms with Gasteiger partial charge in [-0.15, -0.1) is 29.7 Å². The second-order valence-electron chi connectivity index (χ2n) is 4.24. The molecule has 110 valence electrons. The number of thiazole rings is 1. The van der Waals surface area contributed by atoms with Crippen LogP contribution < -0.4 is 5.32 Å². The van der Waals surface area contributed by atoms with Gasteiger partial charge in [-0.1, -0.05) is 6.08 Å². The predicted octanol–water partition coefficient (Wildman–Crippen LogP) is 3.48. The average Bonchev–Trinajstić information content (AvgIpc) is 2.95. The van der Waals surface area contributed by atoms with Crippen LogP contribution in [-0.4, -0.2) is 23.2 Å². The summed E-state index contributed by atoms with van der Waals surface area (Å²) in [5, 5.41) is 5.55. The Kier molecular flexibility index (Phi) is 5.95. The average molecular weight is 322 g/mol. The van der Waals surface area contributed by atoms with E-state index in [1.807, 2.05) is 5.38 Å². The molecule has 1 heterocycles. The molecule has 0 saturated heterocycles. The summed E-state index contributed by atoms with van der Waals surface area (Å²) in [5.41, 5.74) is 1.84. The van der Waals surface area contributed by atoms with E-state index in [0.717, 1.165) is 16.3 Å². The van der Waals surface area contributed by atoms with Gasteiger partial charge < -0.3 is 5.32 Å².